The first-order chi connectivity index (χ1) is 28.2. The molecule has 0 saturated carbocycles. The number of amides is 4. The molecular formula is C37H52N6O16Re. The number of carboxylic acid groups (broad SMARTS) is 5. The quantitative estimate of drug-likeness (QED) is 0.0298. The maximum atomic E-state index is 12.4. The van der Waals surface area contributed by atoms with Crippen LogP contribution >= 0.6 is 0 Å². The van der Waals surface area contributed by atoms with Gasteiger partial charge in [0.05, 0.1) is 12.2 Å². The first kappa shape index (κ1) is 61.2. The molecule has 22 nitrogen and oxygen atoms in total. The summed E-state index contributed by atoms with van der Waals surface area (Å²) in [5.41, 5.74) is 0.723. The fourth-order valence-corrected chi connectivity index (χ4v) is 5.19. The maximum absolute atomic E-state index is 12.4. The number of unbranched alkanes of at least 4 members (excludes halogenated alkanes) is 5. The normalized spacial score (nSPS) is 11.2. The van der Waals surface area contributed by atoms with Crippen molar-refractivity contribution in [1.29, 1.82) is 0 Å². The minimum Gasteiger partial charge on any atom is 0 e. The Kier molecular flexibility index (Phi) is 41.2. The Morgan fingerprint density at radius 1 is 0.600 bits per heavy atom. The van der Waals surface area contributed by atoms with Crippen LogP contribution in [0.4, 0.5) is 4.79 Å². The second kappa shape index (κ2) is 40.3. The molecule has 0 aliphatic heterocycles. The van der Waals surface area contributed by atoms with Crippen LogP contribution < -0.4 is 21.3 Å². The number of carbonyl (C=O) groups excluding carboxylic acids is 3. The van der Waals surface area contributed by atoms with Crippen molar-refractivity contribution in [2.24, 2.45) is 0 Å². The van der Waals surface area contributed by atoms with Crippen molar-refractivity contribution >= 4 is 47.7 Å². The largest absolute Gasteiger partial charge is 0 e. The minimum absolute atomic E-state index is 0. The number of aromatic nitrogens is 1. The zero-order valence-electron chi connectivity index (χ0n) is 32.8. The van der Waals surface area contributed by atoms with E-state index in [0.717, 1.165) is 5.69 Å². The van der Waals surface area contributed by atoms with Crippen molar-refractivity contribution in [3.63, 3.8) is 0 Å². The van der Waals surface area contributed by atoms with Crippen molar-refractivity contribution in [1.82, 2.24) is 31.2 Å². The molecule has 0 aliphatic rings. The van der Waals surface area contributed by atoms with E-state index in [-0.39, 0.29) is 77.4 Å². The molecule has 9 N–H and O–H groups in total. The van der Waals surface area contributed by atoms with Crippen molar-refractivity contribution < 1.29 is 98.3 Å². The zero-order valence-corrected chi connectivity index (χ0v) is 35.5. The van der Waals surface area contributed by atoms with Crippen LogP contribution in [0.25, 0.3) is 0 Å². The Labute approximate surface area is 360 Å². The van der Waals surface area contributed by atoms with Gasteiger partial charge >= 0.3 is 69.8 Å². The molecule has 1 aromatic heterocycles. The summed E-state index contributed by atoms with van der Waals surface area (Å²) in [6.45, 7) is 14.4. The first-order valence-electron chi connectivity index (χ1n) is 18.2. The Hall–Kier alpha value is -5.45. The van der Waals surface area contributed by atoms with Crippen molar-refractivity contribution in [2.45, 2.75) is 115 Å². The van der Waals surface area contributed by atoms with Crippen molar-refractivity contribution in [3.8, 4) is 0 Å². The molecule has 1 aromatic rings. The van der Waals surface area contributed by atoms with E-state index in [1.165, 1.54) is 0 Å². The van der Waals surface area contributed by atoms with Gasteiger partial charge in [0.1, 0.15) is 18.1 Å². The summed E-state index contributed by atoms with van der Waals surface area (Å²) in [7, 11) is 0. The van der Waals surface area contributed by atoms with Gasteiger partial charge in [-0.15, -0.1) is 0 Å². The second-order valence-corrected chi connectivity index (χ2v) is 12.5. The summed E-state index contributed by atoms with van der Waals surface area (Å²) in [5.74, 6) is -6.77. The average Bonchev–Trinajstić information content (AvgIpc) is 3.20. The van der Waals surface area contributed by atoms with Crippen LogP contribution in [0.5, 0.6) is 0 Å². The van der Waals surface area contributed by atoms with Crippen LogP contribution in [0, 0.1) is 20.0 Å². The Morgan fingerprint density at radius 2 is 1.10 bits per heavy atom. The summed E-state index contributed by atoms with van der Waals surface area (Å²) in [5, 5.41) is 55.5. The van der Waals surface area contributed by atoms with Gasteiger partial charge in [0, 0.05) is 59.0 Å². The number of carbonyl (C=O) groups is 8. The van der Waals surface area contributed by atoms with Gasteiger partial charge in [-0.2, -0.15) is 0 Å². The molecule has 0 saturated heterocycles. The molecule has 1 rings (SSSR count). The predicted octanol–water partition coefficient (Wildman–Crippen LogP) is 1.29. The molecule has 23 heteroatoms. The van der Waals surface area contributed by atoms with E-state index in [1.54, 1.807) is 23.2 Å². The summed E-state index contributed by atoms with van der Waals surface area (Å²) < 4.78 is 22.5. The molecule has 0 aromatic carbocycles. The van der Waals surface area contributed by atoms with Gasteiger partial charge < -0.3 is 46.8 Å². The van der Waals surface area contributed by atoms with Crippen molar-refractivity contribution in [2.75, 3.05) is 19.6 Å². The van der Waals surface area contributed by atoms with Crippen LogP contribution in [-0.2, 0) is 74.5 Å². The van der Waals surface area contributed by atoms with E-state index in [2.05, 4.69) is 46.2 Å². The first-order valence-corrected chi connectivity index (χ1v) is 18.2. The van der Waals surface area contributed by atoms with Gasteiger partial charge in [0.2, 0.25) is 11.8 Å². The van der Waals surface area contributed by atoms with Crippen LogP contribution in [0.3, 0.4) is 0 Å². The second-order valence-electron chi connectivity index (χ2n) is 12.5. The standard InChI is InChI=1S/C34H52N6O13.3CO.Re/c41-27(36-19-9-6-12-25(32(49)50)38-34(53)39-26(33(51)52)16-17-29(43)44)14-3-1-2-4-15-28(42)37-24(31(47)48)13-7-10-20-40(22-30(45)46)21-23-11-5-8-18-35-23;3*1-2;/h5,8,11,18,24-26H,1-4,6-7,9-10,12-17,19-22H2,(H,36,41)(H,37,42)(H,43,44)(H,45,46)(H,47,48)(H,49,50)(H,51,52)(H2,38,39,53);;;;/t24-,25-,26-;;;;/m0..../s1. The number of nitrogens with one attached hydrogen (secondary N) is 4. The Bertz CT molecular complexity index is 1480. The molecular weight excluding hydrogens is 971 g/mol. The molecule has 4 amide bonds. The van der Waals surface area contributed by atoms with E-state index in [0.29, 0.717) is 64.5 Å². The molecule has 0 bridgehead atoms. The third kappa shape index (κ3) is 34.6. The summed E-state index contributed by atoms with van der Waals surface area (Å²) in [6.07, 6.45) is 5.44. The summed E-state index contributed by atoms with van der Waals surface area (Å²) in [4.78, 5) is 98.9. The number of carboxylic acids is 5. The van der Waals surface area contributed by atoms with Gasteiger partial charge in [0.25, 0.3) is 0 Å². The van der Waals surface area contributed by atoms with E-state index >= 15 is 0 Å². The average molecular weight is 1020 g/mol. The summed E-state index contributed by atoms with van der Waals surface area (Å²) >= 11 is 0. The van der Waals surface area contributed by atoms with E-state index in [1.807, 2.05) is 6.07 Å². The monoisotopic (exact) mass is 1020 g/mol. The van der Waals surface area contributed by atoms with E-state index in [4.69, 9.17) is 24.2 Å². The Morgan fingerprint density at radius 3 is 1.58 bits per heavy atom. The smallest absolute Gasteiger partial charge is 0 e. The fraction of sp³-hybridized carbons (Fsp3) is 0.568. The zero-order chi connectivity index (χ0) is 45.6. The molecule has 1 heterocycles. The van der Waals surface area contributed by atoms with Gasteiger partial charge in [-0.05, 0) is 76.5 Å². The number of pyridine rings is 1. The van der Waals surface area contributed by atoms with Crippen LogP contribution in [0.1, 0.15) is 95.6 Å². The fourth-order valence-electron chi connectivity index (χ4n) is 5.19. The minimum atomic E-state index is -1.50. The molecule has 333 valence electrons. The number of hydrogen-bond donors (Lipinski definition) is 9. The Balaban J connectivity index is -0.00000213. The third-order valence-electron chi connectivity index (χ3n) is 7.97. The molecule has 3 atom stereocenters. The van der Waals surface area contributed by atoms with E-state index in [9.17, 15) is 53.7 Å². The van der Waals surface area contributed by atoms with Gasteiger partial charge in [-0.25, -0.2) is 19.2 Å². The third-order valence-corrected chi connectivity index (χ3v) is 7.97. The topological polar surface area (TPSA) is 362 Å². The summed E-state index contributed by atoms with van der Waals surface area (Å²) in [6, 6.07) is 0.420. The van der Waals surface area contributed by atoms with Gasteiger partial charge in [0.15, 0.2) is 0 Å². The molecule has 0 spiro atoms. The molecule has 60 heavy (non-hydrogen) atoms. The van der Waals surface area contributed by atoms with Gasteiger partial charge in [-0.1, -0.05) is 18.9 Å². The number of aliphatic carboxylic acids is 5. The number of hydrogen-bond acceptors (Lipinski definition) is 10. The molecule has 0 unspecified atom stereocenters. The van der Waals surface area contributed by atoms with E-state index < -0.39 is 60.4 Å². The number of urea groups is 1. The maximum Gasteiger partial charge on any atom is 0 e. The molecule has 0 aliphatic carbocycles. The van der Waals surface area contributed by atoms with Crippen molar-refractivity contribution in [3.05, 3.63) is 50.0 Å². The molecule has 0 fully saturated rings. The molecule has 1 radical (unpaired) electrons. The SMILES string of the molecule is O=C(O)CC[C@H](NC(=O)N[C@@H](CCCCNC(=O)CCCCCCC(=O)N[C@@H](CCCCN(CC(=O)O)Cc1ccccn1)C(=O)O)C(=O)O)C(=O)O.[C-]#[O+].[C-]#[O+].[C-]#[O+].[Re]. The predicted molar refractivity (Wildman–Crippen MR) is 198 cm³/mol. The van der Waals surface area contributed by atoms with Crippen LogP contribution in [-0.4, -0.2) is 121 Å². The van der Waals surface area contributed by atoms with Gasteiger partial charge in [-0.3, -0.25) is 29.1 Å². The number of nitrogens with zero attached hydrogens (tertiary/aromatic N) is 2. The van der Waals surface area contributed by atoms with Crippen LogP contribution in [0.15, 0.2) is 24.4 Å². The van der Waals surface area contributed by atoms with Crippen LogP contribution in [0.2, 0.25) is 0 Å². The number of rotatable bonds is 30.